The van der Waals surface area contributed by atoms with Gasteiger partial charge in [-0.1, -0.05) is 13.3 Å². The molecule has 4 heteroatoms. The average Bonchev–Trinajstić information content (AvgIpc) is 2.70. The van der Waals surface area contributed by atoms with E-state index in [0.717, 1.165) is 24.0 Å². The summed E-state index contributed by atoms with van der Waals surface area (Å²) in [5.74, 6) is -0.266. The molecule has 1 unspecified atom stereocenters. The normalized spacial score (nSPS) is 15.3. The number of aliphatic carboxylic acids is 1. The minimum atomic E-state index is -0.951. The fourth-order valence-corrected chi connectivity index (χ4v) is 2.16. The van der Waals surface area contributed by atoms with Crippen molar-refractivity contribution in [2.75, 3.05) is 0 Å². The third-order valence-electron chi connectivity index (χ3n) is 3.10. The van der Waals surface area contributed by atoms with Gasteiger partial charge in [-0.2, -0.15) is 0 Å². The van der Waals surface area contributed by atoms with Crippen molar-refractivity contribution in [1.82, 2.24) is 0 Å². The summed E-state index contributed by atoms with van der Waals surface area (Å²) in [6, 6.07) is 5.18. The third-order valence-corrected chi connectivity index (χ3v) is 3.10. The Morgan fingerprint density at radius 1 is 1.44 bits per heavy atom. The Morgan fingerprint density at radius 3 is 2.89 bits per heavy atom. The molecule has 0 bridgehead atoms. The lowest BCUT2D eigenvalue weighted by molar-refractivity contribution is -0.145. The van der Waals surface area contributed by atoms with Crippen LogP contribution in [-0.2, 0) is 11.2 Å². The minimum Gasteiger partial charge on any atom is -0.479 e. The first-order chi connectivity index (χ1) is 8.61. The van der Waals surface area contributed by atoms with Gasteiger partial charge < -0.3 is 9.84 Å². The predicted molar refractivity (Wildman–Crippen MR) is 66.1 cm³/mol. The van der Waals surface area contributed by atoms with Gasteiger partial charge in [0.25, 0.3) is 0 Å². The topological polar surface area (TPSA) is 63.6 Å². The SMILES string of the molecule is CCCC(Oc1ccc2c(c1)CCC2=O)C(=O)O. The summed E-state index contributed by atoms with van der Waals surface area (Å²) in [5.41, 5.74) is 1.70. The van der Waals surface area contributed by atoms with Crippen molar-refractivity contribution in [1.29, 1.82) is 0 Å². The van der Waals surface area contributed by atoms with Gasteiger partial charge in [0, 0.05) is 12.0 Å². The van der Waals surface area contributed by atoms with E-state index in [1.165, 1.54) is 0 Å². The van der Waals surface area contributed by atoms with Gasteiger partial charge >= 0.3 is 5.97 Å². The number of carboxylic acids is 1. The van der Waals surface area contributed by atoms with Gasteiger partial charge in [-0.25, -0.2) is 4.79 Å². The minimum absolute atomic E-state index is 0.153. The van der Waals surface area contributed by atoms with Crippen LogP contribution in [0.1, 0.15) is 42.1 Å². The summed E-state index contributed by atoms with van der Waals surface area (Å²) in [5, 5.41) is 9.02. The summed E-state index contributed by atoms with van der Waals surface area (Å²) >= 11 is 0. The summed E-state index contributed by atoms with van der Waals surface area (Å²) in [4.78, 5) is 22.5. The number of carbonyl (C=O) groups is 2. The van der Waals surface area contributed by atoms with Gasteiger partial charge in [0.15, 0.2) is 11.9 Å². The van der Waals surface area contributed by atoms with Crippen LogP contribution in [0.25, 0.3) is 0 Å². The van der Waals surface area contributed by atoms with Crippen LogP contribution in [0.5, 0.6) is 5.75 Å². The van der Waals surface area contributed by atoms with Crippen molar-refractivity contribution in [2.45, 2.75) is 38.7 Å². The molecule has 1 aliphatic carbocycles. The summed E-state index contributed by atoms with van der Waals surface area (Å²) in [7, 11) is 0. The van der Waals surface area contributed by atoms with Crippen molar-refractivity contribution in [3.05, 3.63) is 29.3 Å². The molecule has 0 aliphatic heterocycles. The van der Waals surface area contributed by atoms with E-state index in [1.807, 2.05) is 6.92 Å². The van der Waals surface area contributed by atoms with Crippen molar-refractivity contribution < 1.29 is 19.4 Å². The van der Waals surface area contributed by atoms with E-state index in [2.05, 4.69) is 0 Å². The molecular formula is C14H16O4. The Labute approximate surface area is 106 Å². The van der Waals surface area contributed by atoms with E-state index in [4.69, 9.17) is 9.84 Å². The number of rotatable bonds is 5. The van der Waals surface area contributed by atoms with Gasteiger partial charge in [-0.05, 0) is 36.6 Å². The second kappa shape index (κ2) is 5.21. The first-order valence-corrected chi connectivity index (χ1v) is 6.17. The zero-order valence-corrected chi connectivity index (χ0v) is 10.3. The van der Waals surface area contributed by atoms with E-state index in [-0.39, 0.29) is 5.78 Å². The second-order valence-electron chi connectivity index (χ2n) is 4.48. The van der Waals surface area contributed by atoms with E-state index >= 15 is 0 Å². The maximum Gasteiger partial charge on any atom is 0.344 e. The zero-order valence-electron chi connectivity index (χ0n) is 10.3. The Kier molecular flexibility index (Phi) is 3.65. The van der Waals surface area contributed by atoms with Gasteiger partial charge in [-0.15, -0.1) is 0 Å². The maximum absolute atomic E-state index is 11.5. The highest BCUT2D eigenvalue weighted by Gasteiger charge is 2.22. The van der Waals surface area contributed by atoms with Gasteiger partial charge in [0.2, 0.25) is 0 Å². The van der Waals surface area contributed by atoms with Crippen LogP contribution < -0.4 is 4.74 Å². The molecule has 1 aromatic rings. The number of carboxylic acid groups (broad SMARTS) is 1. The number of fused-ring (bicyclic) bond motifs is 1. The molecule has 18 heavy (non-hydrogen) atoms. The molecule has 0 amide bonds. The molecular weight excluding hydrogens is 232 g/mol. The number of hydrogen-bond donors (Lipinski definition) is 1. The number of ether oxygens (including phenoxy) is 1. The molecule has 4 nitrogen and oxygen atoms in total. The number of ketones is 1. The molecule has 1 atom stereocenters. The van der Waals surface area contributed by atoms with E-state index < -0.39 is 12.1 Å². The molecule has 1 aliphatic rings. The first-order valence-electron chi connectivity index (χ1n) is 6.17. The molecule has 1 N–H and O–H groups in total. The van der Waals surface area contributed by atoms with Gasteiger partial charge in [-0.3, -0.25) is 4.79 Å². The first kappa shape index (κ1) is 12.6. The number of Topliss-reactive ketones (excluding diaryl/α,β-unsaturated/α-hetero) is 1. The van der Waals surface area contributed by atoms with Crippen molar-refractivity contribution >= 4 is 11.8 Å². The molecule has 0 fully saturated rings. The molecule has 0 saturated heterocycles. The maximum atomic E-state index is 11.5. The highest BCUT2D eigenvalue weighted by atomic mass is 16.5. The Balaban J connectivity index is 2.15. The van der Waals surface area contributed by atoms with Crippen LogP contribution in [0, 0.1) is 0 Å². The summed E-state index contributed by atoms with van der Waals surface area (Å²) in [6.07, 6.45) is 1.67. The van der Waals surface area contributed by atoms with E-state index in [0.29, 0.717) is 18.6 Å². The summed E-state index contributed by atoms with van der Waals surface area (Å²) in [6.45, 7) is 1.92. The van der Waals surface area contributed by atoms with Crippen LogP contribution >= 0.6 is 0 Å². The van der Waals surface area contributed by atoms with Crippen LogP contribution in [-0.4, -0.2) is 23.0 Å². The molecule has 0 radical (unpaired) electrons. The Bertz CT molecular complexity index is 479. The van der Waals surface area contributed by atoms with Crippen LogP contribution in [0.15, 0.2) is 18.2 Å². The molecule has 1 aromatic carbocycles. The molecule has 0 aromatic heterocycles. The third kappa shape index (κ3) is 2.53. The lowest BCUT2D eigenvalue weighted by Gasteiger charge is -2.14. The lowest BCUT2D eigenvalue weighted by Crippen LogP contribution is -2.26. The molecule has 0 saturated carbocycles. The van der Waals surface area contributed by atoms with Crippen molar-refractivity contribution in [3.63, 3.8) is 0 Å². The fourth-order valence-electron chi connectivity index (χ4n) is 2.16. The number of benzene rings is 1. The summed E-state index contributed by atoms with van der Waals surface area (Å²) < 4.78 is 5.47. The van der Waals surface area contributed by atoms with Gasteiger partial charge in [0.05, 0.1) is 0 Å². The molecule has 2 rings (SSSR count). The Hall–Kier alpha value is -1.84. The highest BCUT2D eigenvalue weighted by molar-refractivity contribution is 6.00. The van der Waals surface area contributed by atoms with Crippen LogP contribution in [0.4, 0.5) is 0 Å². The smallest absolute Gasteiger partial charge is 0.344 e. The molecule has 96 valence electrons. The zero-order chi connectivity index (χ0) is 13.1. The molecule has 0 heterocycles. The Morgan fingerprint density at radius 2 is 2.22 bits per heavy atom. The highest BCUT2D eigenvalue weighted by Crippen LogP contribution is 2.27. The van der Waals surface area contributed by atoms with Crippen LogP contribution in [0.3, 0.4) is 0 Å². The number of carbonyl (C=O) groups excluding carboxylic acids is 1. The number of aryl methyl sites for hydroxylation is 1. The second-order valence-corrected chi connectivity index (χ2v) is 4.48. The van der Waals surface area contributed by atoms with E-state index in [1.54, 1.807) is 18.2 Å². The predicted octanol–water partition coefficient (Wildman–Crippen LogP) is 2.45. The standard InChI is InChI=1S/C14H16O4/c1-2-3-13(14(16)17)18-10-5-6-11-9(8-10)4-7-12(11)15/h5-6,8,13H,2-4,7H2,1H3,(H,16,17). The monoisotopic (exact) mass is 248 g/mol. The van der Waals surface area contributed by atoms with Crippen LogP contribution in [0.2, 0.25) is 0 Å². The number of hydrogen-bond acceptors (Lipinski definition) is 3. The lowest BCUT2D eigenvalue weighted by atomic mass is 10.1. The fraction of sp³-hybridized carbons (Fsp3) is 0.429. The quantitative estimate of drug-likeness (QED) is 0.869. The largest absolute Gasteiger partial charge is 0.479 e. The van der Waals surface area contributed by atoms with E-state index in [9.17, 15) is 9.59 Å². The van der Waals surface area contributed by atoms with Gasteiger partial charge in [0.1, 0.15) is 5.75 Å². The molecule has 0 spiro atoms. The van der Waals surface area contributed by atoms with Crippen molar-refractivity contribution in [3.8, 4) is 5.75 Å². The van der Waals surface area contributed by atoms with Crippen molar-refractivity contribution in [2.24, 2.45) is 0 Å². The average molecular weight is 248 g/mol.